The molecule has 0 amide bonds. The predicted molar refractivity (Wildman–Crippen MR) is 73.9 cm³/mol. The Kier molecular flexibility index (Phi) is 4.73. The Bertz CT molecular complexity index is 481. The Labute approximate surface area is 117 Å². The lowest BCUT2D eigenvalue weighted by Gasteiger charge is -2.22. The zero-order chi connectivity index (χ0) is 14.5. The Hall–Kier alpha value is -1.89. The third kappa shape index (κ3) is 3.36. The molecule has 1 aromatic rings. The molecule has 0 aliphatic heterocycles. The lowest BCUT2D eigenvalue weighted by molar-refractivity contribution is -0.384. The van der Waals surface area contributed by atoms with E-state index < -0.39 is 11.0 Å². The van der Waals surface area contributed by atoms with E-state index in [9.17, 15) is 15.2 Å². The monoisotopic (exact) mass is 281 g/mol. The van der Waals surface area contributed by atoms with E-state index in [1.54, 1.807) is 0 Å². The van der Waals surface area contributed by atoms with Gasteiger partial charge in [-0.3, -0.25) is 10.1 Å². The van der Waals surface area contributed by atoms with Gasteiger partial charge in [0.25, 0.3) is 0 Å². The lowest BCUT2D eigenvalue weighted by atomic mass is 10.1. The van der Waals surface area contributed by atoms with Crippen molar-refractivity contribution in [2.75, 3.05) is 12.4 Å². The maximum absolute atomic E-state index is 11.0. The molecule has 0 bridgehead atoms. The zero-order valence-corrected chi connectivity index (χ0v) is 11.4. The molecule has 1 saturated carbocycles. The second kappa shape index (κ2) is 6.51. The molecule has 0 radical (unpaired) electrons. The minimum Gasteiger partial charge on any atom is -0.481 e. The highest BCUT2D eigenvalue weighted by atomic mass is 16.6. The molecule has 2 N–H and O–H groups in total. The van der Waals surface area contributed by atoms with Gasteiger partial charge in [0, 0.05) is 12.1 Å². The summed E-state index contributed by atoms with van der Waals surface area (Å²) in [4.78, 5) is 14.6. The number of ether oxygens (including phenoxy) is 1. The number of hydrogen-bond acceptors (Lipinski definition) is 6. The van der Waals surface area contributed by atoms with Crippen LogP contribution in [-0.4, -0.2) is 34.3 Å². The molecule has 7 heteroatoms. The second-order valence-corrected chi connectivity index (χ2v) is 4.93. The van der Waals surface area contributed by atoms with Crippen LogP contribution < -0.4 is 10.1 Å². The standard InChI is InChI=1S/C13H19N3O4/c1-20-12-8-7-10(16(18)19)13(15-12)14-9-5-3-2-4-6-11(9)17/h7-9,11,17H,2-6H2,1H3,(H,14,15). The number of methoxy groups -OCH3 is 1. The van der Waals surface area contributed by atoms with Crippen LogP contribution in [0, 0.1) is 10.1 Å². The van der Waals surface area contributed by atoms with Gasteiger partial charge in [-0.05, 0) is 12.8 Å². The van der Waals surface area contributed by atoms with Crippen molar-refractivity contribution in [1.82, 2.24) is 4.98 Å². The van der Waals surface area contributed by atoms with Crippen molar-refractivity contribution in [1.29, 1.82) is 0 Å². The molecular formula is C13H19N3O4. The molecule has 110 valence electrons. The first-order valence-electron chi connectivity index (χ1n) is 6.76. The topological polar surface area (TPSA) is 97.5 Å². The first kappa shape index (κ1) is 14.5. The van der Waals surface area contributed by atoms with Gasteiger partial charge in [-0.15, -0.1) is 0 Å². The van der Waals surface area contributed by atoms with E-state index >= 15 is 0 Å². The van der Waals surface area contributed by atoms with Crippen LogP contribution in [0.25, 0.3) is 0 Å². The van der Waals surface area contributed by atoms with Crippen LogP contribution in [0.3, 0.4) is 0 Å². The summed E-state index contributed by atoms with van der Waals surface area (Å²) in [6.07, 6.45) is 4.01. The number of nitrogens with zero attached hydrogens (tertiary/aromatic N) is 2. The Balaban J connectivity index is 2.23. The Morgan fingerprint density at radius 3 is 2.85 bits per heavy atom. The summed E-state index contributed by atoms with van der Waals surface area (Å²) in [5.74, 6) is 0.460. The number of aliphatic hydroxyl groups is 1. The minimum absolute atomic E-state index is 0.109. The van der Waals surface area contributed by atoms with E-state index in [0.29, 0.717) is 12.3 Å². The summed E-state index contributed by atoms with van der Waals surface area (Å²) in [6, 6.07) is 2.60. The van der Waals surface area contributed by atoms with E-state index in [0.717, 1.165) is 25.7 Å². The maximum Gasteiger partial charge on any atom is 0.311 e. The van der Waals surface area contributed by atoms with Crippen molar-refractivity contribution in [2.45, 2.75) is 44.2 Å². The summed E-state index contributed by atoms with van der Waals surface area (Å²) in [6.45, 7) is 0. The normalized spacial score (nSPS) is 22.9. The lowest BCUT2D eigenvalue weighted by Crippen LogP contribution is -2.33. The molecule has 0 aromatic carbocycles. The van der Waals surface area contributed by atoms with Gasteiger partial charge in [-0.2, -0.15) is 4.98 Å². The molecule has 2 rings (SSSR count). The van der Waals surface area contributed by atoms with Crippen molar-refractivity contribution < 1.29 is 14.8 Å². The van der Waals surface area contributed by atoms with E-state index in [1.165, 1.54) is 19.2 Å². The highest BCUT2D eigenvalue weighted by Gasteiger charge is 2.25. The quantitative estimate of drug-likeness (QED) is 0.498. The first-order chi connectivity index (χ1) is 9.61. The van der Waals surface area contributed by atoms with E-state index in [1.807, 2.05) is 0 Å². The van der Waals surface area contributed by atoms with Crippen molar-refractivity contribution in [3.63, 3.8) is 0 Å². The number of aromatic nitrogens is 1. The van der Waals surface area contributed by atoms with Crippen molar-refractivity contribution in [3.05, 3.63) is 22.2 Å². The number of nitrogens with one attached hydrogen (secondary N) is 1. The predicted octanol–water partition coefficient (Wildman–Crippen LogP) is 2.10. The smallest absolute Gasteiger partial charge is 0.311 e. The van der Waals surface area contributed by atoms with Crippen molar-refractivity contribution >= 4 is 11.5 Å². The number of aliphatic hydroxyl groups excluding tert-OH is 1. The fourth-order valence-corrected chi connectivity index (χ4v) is 2.43. The largest absolute Gasteiger partial charge is 0.481 e. The Morgan fingerprint density at radius 2 is 2.15 bits per heavy atom. The highest BCUT2D eigenvalue weighted by molar-refractivity contribution is 5.57. The molecule has 1 aromatic heterocycles. The van der Waals surface area contributed by atoms with E-state index in [4.69, 9.17) is 4.74 Å². The number of anilines is 1. The highest BCUT2D eigenvalue weighted by Crippen LogP contribution is 2.28. The molecular weight excluding hydrogens is 262 g/mol. The van der Waals surface area contributed by atoms with Crippen LogP contribution in [0.2, 0.25) is 0 Å². The van der Waals surface area contributed by atoms with Crippen molar-refractivity contribution in [2.24, 2.45) is 0 Å². The van der Waals surface area contributed by atoms with E-state index in [-0.39, 0.29) is 17.5 Å². The molecule has 1 heterocycles. The van der Waals surface area contributed by atoms with Gasteiger partial charge in [-0.25, -0.2) is 0 Å². The van der Waals surface area contributed by atoms with Gasteiger partial charge in [0.2, 0.25) is 11.7 Å². The van der Waals surface area contributed by atoms with Gasteiger partial charge in [0.1, 0.15) is 0 Å². The number of rotatable bonds is 4. The van der Waals surface area contributed by atoms with Crippen LogP contribution >= 0.6 is 0 Å². The molecule has 7 nitrogen and oxygen atoms in total. The van der Waals surface area contributed by atoms with Crippen LogP contribution in [0.4, 0.5) is 11.5 Å². The summed E-state index contributed by atoms with van der Waals surface area (Å²) < 4.78 is 4.99. The third-order valence-corrected chi connectivity index (χ3v) is 3.56. The number of nitro groups is 1. The number of hydrogen-bond donors (Lipinski definition) is 2. The summed E-state index contributed by atoms with van der Waals surface area (Å²) in [5, 5.41) is 24.1. The first-order valence-corrected chi connectivity index (χ1v) is 6.76. The minimum atomic E-state index is -0.509. The molecule has 1 aliphatic carbocycles. The average Bonchev–Trinajstić information content (AvgIpc) is 2.64. The van der Waals surface area contributed by atoms with Gasteiger partial charge < -0.3 is 15.2 Å². The second-order valence-electron chi connectivity index (χ2n) is 4.93. The summed E-state index contributed by atoms with van der Waals surface area (Å²) >= 11 is 0. The van der Waals surface area contributed by atoms with Crippen molar-refractivity contribution in [3.8, 4) is 5.88 Å². The summed E-state index contributed by atoms with van der Waals surface area (Å²) in [7, 11) is 1.46. The van der Waals surface area contributed by atoms with Gasteiger partial charge >= 0.3 is 5.69 Å². The molecule has 0 spiro atoms. The Morgan fingerprint density at radius 1 is 1.40 bits per heavy atom. The van der Waals surface area contributed by atoms with Crippen LogP contribution in [-0.2, 0) is 0 Å². The fraction of sp³-hybridized carbons (Fsp3) is 0.615. The number of pyridine rings is 1. The zero-order valence-electron chi connectivity index (χ0n) is 11.4. The third-order valence-electron chi connectivity index (χ3n) is 3.56. The van der Waals surface area contributed by atoms with Crippen LogP contribution in [0.5, 0.6) is 5.88 Å². The van der Waals surface area contributed by atoms with Gasteiger partial charge in [0.05, 0.1) is 24.2 Å². The molecule has 1 fully saturated rings. The maximum atomic E-state index is 11.0. The van der Waals surface area contributed by atoms with Crippen LogP contribution in [0.15, 0.2) is 12.1 Å². The van der Waals surface area contributed by atoms with E-state index in [2.05, 4.69) is 10.3 Å². The molecule has 2 unspecified atom stereocenters. The molecule has 0 saturated heterocycles. The average molecular weight is 281 g/mol. The fourth-order valence-electron chi connectivity index (χ4n) is 2.43. The van der Waals surface area contributed by atoms with Gasteiger partial charge in [0.15, 0.2) is 0 Å². The molecule has 1 aliphatic rings. The summed E-state index contributed by atoms with van der Waals surface area (Å²) in [5.41, 5.74) is -0.109. The molecule has 2 atom stereocenters. The SMILES string of the molecule is COc1ccc([N+](=O)[O-])c(NC2CCCCCC2O)n1. The van der Waals surface area contributed by atoms with Gasteiger partial charge in [-0.1, -0.05) is 19.3 Å². The molecule has 20 heavy (non-hydrogen) atoms. The van der Waals surface area contributed by atoms with Crippen LogP contribution in [0.1, 0.15) is 32.1 Å².